The molecule has 5 heteroatoms. The van der Waals surface area contributed by atoms with Gasteiger partial charge in [0.15, 0.2) is 0 Å². The molecule has 2 nitrogen and oxygen atoms in total. The van der Waals surface area contributed by atoms with Crippen molar-refractivity contribution in [3.8, 4) is 5.75 Å². The summed E-state index contributed by atoms with van der Waals surface area (Å²) in [6.07, 6.45) is 7.83. The fourth-order valence-corrected chi connectivity index (χ4v) is 6.16. The smallest absolute Gasteiger partial charge is 0.148 e. The van der Waals surface area contributed by atoms with Gasteiger partial charge < -0.3 is 9.84 Å². The van der Waals surface area contributed by atoms with Crippen LogP contribution in [0.5, 0.6) is 5.75 Å². The van der Waals surface area contributed by atoms with Gasteiger partial charge in [0, 0.05) is 16.3 Å². The normalized spacial score (nSPS) is 28.0. The summed E-state index contributed by atoms with van der Waals surface area (Å²) in [5.74, 6) is 0.846. The molecule has 0 saturated heterocycles. The van der Waals surface area contributed by atoms with Gasteiger partial charge in [-0.3, -0.25) is 0 Å². The van der Waals surface area contributed by atoms with Crippen LogP contribution in [-0.2, 0) is 0 Å². The molecule has 1 N–H and O–H groups in total. The Morgan fingerprint density at radius 1 is 1.00 bits per heavy atom. The second-order valence-electron chi connectivity index (χ2n) is 6.20. The Hall–Kier alpha value is 0.420. The molecular weight excluding hydrogens is 464 g/mol. The number of aliphatic hydroxyl groups is 1. The van der Waals surface area contributed by atoms with Crippen molar-refractivity contribution in [2.75, 3.05) is 0 Å². The zero-order valence-corrected chi connectivity index (χ0v) is 16.5. The van der Waals surface area contributed by atoms with Gasteiger partial charge in [0.05, 0.1) is 15.0 Å². The van der Waals surface area contributed by atoms with Crippen LogP contribution in [0.15, 0.2) is 25.6 Å². The molecular formula is C16H19Br3O2. The van der Waals surface area contributed by atoms with E-state index in [0.717, 1.165) is 38.4 Å². The maximum Gasteiger partial charge on any atom is 0.148 e. The molecule has 2 aliphatic rings. The standard InChI is InChI=1S/C16H19Br3O2/c17-10-7-11(18)15(12(19)8-10)21-14-9-13(20)16(14)5-3-1-2-4-6-16/h7-8,13-14,20H,1-6,9H2. The molecule has 1 aromatic carbocycles. The van der Waals surface area contributed by atoms with Crippen LogP contribution in [-0.4, -0.2) is 17.3 Å². The lowest BCUT2D eigenvalue weighted by atomic mass is 9.59. The maximum absolute atomic E-state index is 10.4. The molecule has 0 heterocycles. The molecule has 0 amide bonds. The lowest BCUT2D eigenvalue weighted by Crippen LogP contribution is -2.59. The molecule has 21 heavy (non-hydrogen) atoms. The van der Waals surface area contributed by atoms with Crippen LogP contribution in [0.4, 0.5) is 0 Å². The van der Waals surface area contributed by atoms with E-state index < -0.39 is 0 Å². The third-order valence-corrected chi connectivity index (χ3v) is 6.64. The molecule has 2 atom stereocenters. The van der Waals surface area contributed by atoms with Crippen molar-refractivity contribution in [3.05, 3.63) is 25.6 Å². The lowest BCUT2D eigenvalue weighted by Gasteiger charge is -2.53. The Morgan fingerprint density at radius 3 is 2.10 bits per heavy atom. The van der Waals surface area contributed by atoms with E-state index in [1.54, 1.807) is 0 Å². The maximum atomic E-state index is 10.4. The molecule has 0 bridgehead atoms. The second-order valence-corrected chi connectivity index (χ2v) is 8.83. The highest BCUT2D eigenvalue weighted by Gasteiger charge is 2.55. The van der Waals surface area contributed by atoms with Gasteiger partial charge in [-0.1, -0.05) is 41.6 Å². The summed E-state index contributed by atoms with van der Waals surface area (Å²) in [4.78, 5) is 0. The van der Waals surface area contributed by atoms with E-state index in [0.29, 0.717) is 0 Å². The lowest BCUT2D eigenvalue weighted by molar-refractivity contribution is -0.163. The molecule has 2 aliphatic carbocycles. The number of ether oxygens (including phenoxy) is 1. The predicted octanol–water partition coefficient (Wildman–Crippen LogP) is 5.83. The molecule has 0 aromatic heterocycles. The average Bonchev–Trinajstić information content (AvgIpc) is 2.69. The number of rotatable bonds is 2. The number of halogens is 3. The number of aliphatic hydroxyl groups excluding tert-OH is 1. The van der Waals surface area contributed by atoms with Crippen LogP contribution in [0, 0.1) is 5.41 Å². The van der Waals surface area contributed by atoms with E-state index in [4.69, 9.17) is 4.74 Å². The highest BCUT2D eigenvalue weighted by molar-refractivity contribution is 9.11. The summed E-state index contributed by atoms with van der Waals surface area (Å²) in [6, 6.07) is 3.99. The number of hydrogen-bond donors (Lipinski definition) is 1. The highest BCUT2D eigenvalue weighted by Crippen LogP contribution is 2.53. The van der Waals surface area contributed by atoms with Crippen molar-refractivity contribution >= 4 is 47.8 Å². The first kappa shape index (κ1) is 16.3. The second kappa shape index (κ2) is 6.50. The zero-order valence-electron chi connectivity index (χ0n) is 11.7. The van der Waals surface area contributed by atoms with Gasteiger partial charge in [-0.2, -0.15) is 0 Å². The Kier molecular flexibility index (Phi) is 5.04. The topological polar surface area (TPSA) is 29.5 Å². The summed E-state index contributed by atoms with van der Waals surface area (Å²) in [5.41, 5.74) is -0.0253. The predicted molar refractivity (Wildman–Crippen MR) is 94.7 cm³/mol. The molecule has 2 unspecified atom stereocenters. The van der Waals surface area contributed by atoms with Crippen LogP contribution in [0.2, 0.25) is 0 Å². The van der Waals surface area contributed by atoms with Crippen molar-refractivity contribution < 1.29 is 9.84 Å². The Balaban J connectivity index is 1.82. The minimum absolute atomic E-state index is 0.0253. The molecule has 3 rings (SSSR count). The van der Waals surface area contributed by atoms with Gasteiger partial charge in [-0.15, -0.1) is 0 Å². The van der Waals surface area contributed by atoms with Gasteiger partial charge in [-0.25, -0.2) is 0 Å². The van der Waals surface area contributed by atoms with Crippen molar-refractivity contribution in [1.29, 1.82) is 0 Å². The quantitative estimate of drug-likeness (QED) is 0.575. The van der Waals surface area contributed by atoms with Gasteiger partial charge >= 0.3 is 0 Å². The number of hydrogen-bond acceptors (Lipinski definition) is 2. The van der Waals surface area contributed by atoms with Gasteiger partial charge in [0.1, 0.15) is 11.9 Å². The summed E-state index contributed by atoms with van der Waals surface area (Å²) in [5, 5.41) is 10.4. The zero-order chi connectivity index (χ0) is 15.0. The SMILES string of the molecule is OC1CC(Oc2c(Br)cc(Br)cc2Br)C12CCCCCC2. The van der Waals surface area contributed by atoms with E-state index in [-0.39, 0.29) is 17.6 Å². The fraction of sp³-hybridized carbons (Fsp3) is 0.625. The fourth-order valence-electron chi connectivity index (χ4n) is 3.72. The van der Waals surface area contributed by atoms with Crippen LogP contribution >= 0.6 is 47.8 Å². The Morgan fingerprint density at radius 2 is 1.57 bits per heavy atom. The minimum Gasteiger partial charge on any atom is -0.487 e. The monoisotopic (exact) mass is 480 g/mol. The Bertz CT molecular complexity index is 501. The van der Waals surface area contributed by atoms with E-state index >= 15 is 0 Å². The summed E-state index contributed by atoms with van der Waals surface area (Å²) >= 11 is 10.6. The summed E-state index contributed by atoms with van der Waals surface area (Å²) in [7, 11) is 0. The molecule has 116 valence electrons. The van der Waals surface area contributed by atoms with Crippen molar-refractivity contribution in [2.45, 2.75) is 57.2 Å². The molecule has 0 radical (unpaired) electrons. The van der Waals surface area contributed by atoms with Crippen LogP contribution in [0.1, 0.15) is 44.9 Å². The van der Waals surface area contributed by atoms with Gasteiger partial charge in [0.25, 0.3) is 0 Å². The first-order chi connectivity index (χ1) is 10.0. The third-order valence-electron chi connectivity index (χ3n) is 5.00. The van der Waals surface area contributed by atoms with Crippen molar-refractivity contribution in [3.63, 3.8) is 0 Å². The highest BCUT2D eigenvalue weighted by atomic mass is 79.9. The summed E-state index contributed by atoms with van der Waals surface area (Å²) in [6.45, 7) is 0. The Labute approximate surface area is 151 Å². The molecule has 0 aliphatic heterocycles. The molecule has 2 saturated carbocycles. The molecule has 1 aromatic rings. The first-order valence-corrected chi connectivity index (χ1v) is 9.90. The van der Waals surface area contributed by atoms with Gasteiger partial charge in [-0.05, 0) is 56.8 Å². The van der Waals surface area contributed by atoms with Gasteiger partial charge in [0.2, 0.25) is 0 Å². The number of benzene rings is 1. The summed E-state index contributed by atoms with van der Waals surface area (Å²) < 4.78 is 9.20. The van der Waals surface area contributed by atoms with Crippen molar-refractivity contribution in [2.24, 2.45) is 5.41 Å². The van der Waals surface area contributed by atoms with E-state index in [2.05, 4.69) is 47.8 Å². The van der Waals surface area contributed by atoms with Crippen LogP contribution in [0.3, 0.4) is 0 Å². The van der Waals surface area contributed by atoms with Crippen LogP contribution < -0.4 is 4.74 Å². The van der Waals surface area contributed by atoms with E-state index in [9.17, 15) is 5.11 Å². The largest absolute Gasteiger partial charge is 0.487 e. The van der Waals surface area contributed by atoms with E-state index in [1.807, 2.05) is 12.1 Å². The third kappa shape index (κ3) is 3.08. The molecule has 2 fully saturated rings. The first-order valence-electron chi connectivity index (χ1n) is 7.52. The minimum atomic E-state index is -0.200. The molecule has 1 spiro atoms. The van der Waals surface area contributed by atoms with E-state index in [1.165, 1.54) is 25.7 Å². The average molecular weight is 483 g/mol. The van der Waals surface area contributed by atoms with Crippen molar-refractivity contribution in [1.82, 2.24) is 0 Å². The van der Waals surface area contributed by atoms with Crippen LogP contribution in [0.25, 0.3) is 0 Å².